The third kappa shape index (κ3) is 3.41. The maximum absolute atomic E-state index is 12.9. The fourth-order valence-corrected chi connectivity index (χ4v) is 1.87. The summed E-state index contributed by atoms with van der Waals surface area (Å²) in [6.45, 7) is 1.37. The Hall–Kier alpha value is -1.66. The molecule has 0 bridgehead atoms. The molecule has 0 unspecified atom stereocenters. The molecule has 0 aliphatic carbocycles. The Bertz CT molecular complexity index is 433. The van der Waals surface area contributed by atoms with Crippen LogP contribution < -0.4 is 16.0 Å². The van der Waals surface area contributed by atoms with Crippen LogP contribution >= 0.6 is 0 Å². The molecule has 2 amide bonds. The van der Waals surface area contributed by atoms with E-state index in [2.05, 4.69) is 16.0 Å². The van der Waals surface area contributed by atoms with Gasteiger partial charge in [0.25, 0.3) is 0 Å². The minimum absolute atomic E-state index is 0.168. The van der Waals surface area contributed by atoms with Crippen molar-refractivity contribution < 1.29 is 14.3 Å². The largest absolute Gasteiger partial charge is 0.387 e. The molecule has 18 heavy (non-hydrogen) atoms. The summed E-state index contributed by atoms with van der Waals surface area (Å²) in [6.07, 6.45) is 0.604. The molecule has 4 N–H and O–H groups in total. The number of hydrogen-bond donors (Lipinski definition) is 4. The number of carbonyl (C=O) groups is 1. The maximum atomic E-state index is 12.9. The molecule has 98 valence electrons. The van der Waals surface area contributed by atoms with Crippen molar-refractivity contribution in [2.75, 3.05) is 25.0 Å². The van der Waals surface area contributed by atoms with Gasteiger partial charge < -0.3 is 21.1 Å². The van der Waals surface area contributed by atoms with Crippen LogP contribution in [0.5, 0.6) is 0 Å². The predicted octanol–water partition coefficient (Wildman–Crippen LogP) is 0.672. The number of amides is 2. The Labute approximate surface area is 104 Å². The molecule has 0 aromatic heterocycles. The van der Waals surface area contributed by atoms with Crippen molar-refractivity contribution in [1.82, 2.24) is 10.6 Å². The summed E-state index contributed by atoms with van der Waals surface area (Å²) in [7, 11) is 0. The quantitative estimate of drug-likeness (QED) is 0.640. The topological polar surface area (TPSA) is 73.4 Å². The number of nitrogens with one attached hydrogen (secondary N) is 3. The van der Waals surface area contributed by atoms with Gasteiger partial charge in [-0.2, -0.15) is 0 Å². The third-order valence-electron chi connectivity index (χ3n) is 2.88. The molecule has 0 radical (unpaired) electrons. The number of anilines is 1. The van der Waals surface area contributed by atoms with Crippen LogP contribution in [0.1, 0.15) is 6.42 Å². The summed E-state index contributed by atoms with van der Waals surface area (Å²) >= 11 is 0. The molecule has 1 aromatic carbocycles. The SMILES string of the molecule is O=C(NC[C@@]1(O)CCNC1)Nc1cccc(F)c1. The minimum Gasteiger partial charge on any atom is -0.387 e. The summed E-state index contributed by atoms with van der Waals surface area (Å²) < 4.78 is 12.9. The molecule has 1 atom stereocenters. The van der Waals surface area contributed by atoms with E-state index in [9.17, 15) is 14.3 Å². The number of aliphatic hydroxyl groups is 1. The Kier molecular flexibility index (Phi) is 3.78. The van der Waals surface area contributed by atoms with Gasteiger partial charge in [0, 0.05) is 18.8 Å². The molecule has 1 aromatic rings. The number of hydrogen-bond acceptors (Lipinski definition) is 3. The Morgan fingerprint density at radius 1 is 1.56 bits per heavy atom. The first kappa shape index (κ1) is 12.8. The molecule has 0 spiro atoms. The number of carbonyl (C=O) groups excluding carboxylic acids is 1. The third-order valence-corrected chi connectivity index (χ3v) is 2.88. The number of β-amino-alcohol motifs (C(OH)–C–C–N with tert-alkyl or cyclic N) is 1. The normalized spacial score (nSPS) is 22.8. The fourth-order valence-electron chi connectivity index (χ4n) is 1.87. The lowest BCUT2D eigenvalue weighted by molar-refractivity contribution is 0.0640. The van der Waals surface area contributed by atoms with E-state index in [4.69, 9.17) is 0 Å². The summed E-state index contributed by atoms with van der Waals surface area (Å²) in [5, 5.41) is 18.1. The van der Waals surface area contributed by atoms with Gasteiger partial charge in [0.2, 0.25) is 0 Å². The monoisotopic (exact) mass is 253 g/mol. The van der Waals surface area contributed by atoms with E-state index in [0.29, 0.717) is 18.7 Å². The van der Waals surface area contributed by atoms with Gasteiger partial charge in [0.15, 0.2) is 0 Å². The molecule has 1 fully saturated rings. The zero-order chi connectivity index (χ0) is 13.0. The van der Waals surface area contributed by atoms with Gasteiger partial charge in [-0.05, 0) is 31.2 Å². The lowest BCUT2D eigenvalue weighted by Gasteiger charge is -2.21. The Balaban J connectivity index is 1.82. The fraction of sp³-hybridized carbons (Fsp3) is 0.417. The molecule has 0 saturated carbocycles. The first-order chi connectivity index (χ1) is 8.57. The second-order valence-electron chi connectivity index (χ2n) is 4.47. The van der Waals surface area contributed by atoms with Crippen molar-refractivity contribution in [3.05, 3.63) is 30.1 Å². The highest BCUT2D eigenvalue weighted by Gasteiger charge is 2.31. The average Bonchev–Trinajstić information content (AvgIpc) is 2.74. The maximum Gasteiger partial charge on any atom is 0.319 e. The summed E-state index contributed by atoms with van der Waals surface area (Å²) in [4.78, 5) is 11.5. The number of rotatable bonds is 3. The summed E-state index contributed by atoms with van der Waals surface area (Å²) in [6, 6.07) is 5.18. The highest BCUT2D eigenvalue weighted by molar-refractivity contribution is 5.89. The highest BCUT2D eigenvalue weighted by Crippen LogP contribution is 2.13. The van der Waals surface area contributed by atoms with Crippen molar-refractivity contribution in [2.24, 2.45) is 0 Å². The number of halogens is 1. The van der Waals surface area contributed by atoms with Crippen molar-refractivity contribution in [1.29, 1.82) is 0 Å². The first-order valence-corrected chi connectivity index (χ1v) is 5.81. The molecule has 5 nitrogen and oxygen atoms in total. The van der Waals surface area contributed by atoms with Crippen LogP contribution in [0, 0.1) is 5.82 Å². The van der Waals surface area contributed by atoms with E-state index in [0.717, 1.165) is 6.54 Å². The zero-order valence-electron chi connectivity index (χ0n) is 9.87. The summed E-state index contributed by atoms with van der Waals surface area (Å²) in [5.41, 5.74) is -0.511. The van der Waals surface area contributed by atoms with Gasteiger partial charge >= 0.3 is 6.03 Å². The van der Waals surface area contributed by atoms with Crippen LogP contribution in [-0.2, 0) is 0 Å². The van der Waals surface area contributed by atoms with E-state index in [-0.39, 0.29) is 6.54 Å². The van der Waals surface area contributed by atoms with Crippen LogP contribution in [-0.4, -0.2) is 36.4 Å². The molecule has 1 aliphatic heterocycles. The zero-order valence-corrected chi connectivity index (χ0v) is 9.87. The van der Waals surface area contributed by atoms with Crippen LogP contribution in [0.3, 0.4) is 0 Å². The predicted molar refractivity (Wildman–Crippen MR) is 65.9 cm³/mol. The van der Waals surface area contributed by atoms with Crippen molar-refractivity contribution in [3.63, 3.8) is 0 Å². The Morgan fingerprint density at radius 2 is 2.39 bits per heavy atom. The molecule has 1 saturated heterocycles. The molecule has 2 rings (SSSR count). The van der Waals surface area contributed by atoms with Gasteiger partial charge in [-0.15, -0.1) is 0 Å². The van der Waals surface area contributed by atoms with Gasteiger partial charge in [0.1, 0.15) is 5.82 Å². The van der Waals surface area contributed by atoms with Crippen LogP contribution in [0.2, 0.25) is 0 Å². The second kappa shape index (κ2) is 5.32. The van der Waals surface area contributed by atoms with Crippen LogP contribution in [0.4, 0.5) is 14.9 Å². The van der Waals surface area contributed by atoms with E-state index in [1.807, 2.05) is 0 Å². The van der Waals surface area contributed by atoms with E-state index in [1.54, 1.807) is 6.07 Å². The lowest BCUT2D eigenvalue weighted by atomic mass is 10.0. The van der Waals surface area contributed by atoms with E-state index in [1.165, 1.54) is 18.2 Å². The molecule has 6 heteroatoms. The second-order valence-corrected chi connectivity index (χ2v) is 4.47. The minimum atomic E-state index is -0.890. The van der Waals surface area contributed by atoms with Gasteiger partial charge in [-0.1, -0.05) is 6.07 Å². The molecule has 1 aliphatic rings. The smallest absolute Gasteiger partial charge is 0.319 e. The summed E-state index contributed by atoms with van der Waals surface area (Å²) in [5.74, 6) is -0.411. The van der Waals surface area contributed by atoms with E-state index >= 15 is 0 Å². The molecule has 1 heterocycles. The standard InChI is InChI=1S/C12H16FN3O2/c13-9-2-1-3-10(6-9)16-11(17)15-8-12(18)4-5-14-7-12/h1-3,6,14,18H,4-5,7-8H2,(H2,15,16,17)/t12-/m1/s1. The van der Waals surface area contributed by atoms with Crippen molar-refractivity contribution in [2.45, 2.75) is 12.0 Å². The van der Waals surface area contributed by atoms with E-state index < -0.39 is 17.4 Å². The molecular weight excluding hydrogens is 237 g/mol. The van der Waals surface area contributed by atoms with Crippen LogP contribution in [0.15, 0.2) is 24.3 Å². The van der Waals surface area contributed by atoms with Gasteiger partial charge in [0.05, 0.1) is 5.60 Å². The Morgan fingerprint density at radius 3 is 3.06 bits per heavy atom. The first-order valence-electron chi connectivity index (χ1n) is 5.81. The van der Waals surface area contributed by atoms with Gasteiger partial charge in [-0.25, -0.2) is 9.18 Å². The number of benzene rings is 1. The number of urea groups is 1. The highest BCUT2D eigenvalue weighted by atomic mass is 19.1. The molecular formula is C12H16FN3O2. The van der Waals surface area contributed by atoms with Crippen LogP contribution in [0.25, 0.3) is 0 Å². The van der Waals surface area contributed by atoms with Crippen molar-refractivity contribution >= 4 is 11.7 Å². The average molecular weight is 253 g/mol. The lowest BCUT2D eigenvalue weighted by Crippen LogP contribution is -2.45. The van der Waals surface area contributed by atoms with Crippen molar-refractivity contribution in [3.8, 4) is 0 Å². The van der Waals surface area contributed by atoms with Gasteiger partial charge in [-0.3, -0.25) is 0 Å².